The summed E-state index contributed by atoms with van der Waals surface area (Å²) in [5.74, 6) is 1.29. The molecule has 0 aromatic heterocycles. The van der Waals surface area contributed by atoms with Crippen LogP contribution in [0.3, 0.4) is 0 Å². The zero-order chi connectivity index (χ0) is 12.3. The minimum atomic E-state index is 0.146. The number of hydrogen-bond donors (Lipinski definition) is 1. The van der Waals surface area contributed by atoms with Crippen molar-refractivity contribution in [1.29, 1.82) is 0 Å². The molecule has 1 aliphatic carbocycles. The van der Waals surface area contributed by atoms with E-state index in [-0.39, 0.29) is 17.9 Å². The van der Waals surface area contributed by atoms with E-state index in [1.165, 1.54) is 0 Å². The SMILES string of the molecule is CC(C)CN(C)C(=O)C1CCCC(N)C1C. The third-order valence-corrected chi connectivity index (χ3v) is 3.70. The molecular weight excluding hydrogens is 200 g/mol. The minimum Gasteiger partial charge on any atom is -0.345 e. The van der Waals surface area contributed by atoms with E-state index in [9.17, 15) is 4.79 Å². The van der Waals surface area contributed by atoms with Crippen molar-refractivity contribution >= 4 is 5.91 Å². The van der Waals surface area contributed by atoms with Crippen LogP contribution in [0.4, 0.5) is 0 Å². The fraction of sp³-hybridized carbons (Fsp3) is 0.923. The Kier molecular flexibility index (Phi) is 4.78. The second-order valence-electron chi connectivity index (χ2n) is 5.67. The number of nitrogens with zero attached hydrogens (tertiary/aromatic N) is 1. The van der Waals surface area contributed by atoms with Gasteiger partial charge in [0, 0.05) is 25.6 Å². The first-order chi connectivity index (χ1) is 7.43. The van der Waals surface area contributed by atoms with Gasteiger partial charge >= 0.3 is 0 Å². The fourth-order valence-electron chi connectivity index (χ4n) is 2.67. The lowest BCUT2D eigenvalue weighted by Gasteiger charge is -2.35. The quantitative estimate of drug-likeness (QED) is 0.798. The van der Waals surface area contributed by atoms with Crippen LogP contribution >= 0.6 is 0 Å². The summed E-state index contributed by atoms with van der Waals surface area (Å²) in [4.78, 5) is 14.1. The van der Waals surface area contributed by atoms with Crippen LogP contribution in [0.2, 0.25) is 0 Å². The first-order valence-electron chi connectivity index (χ1n) is 6.44. The fourth-order valence-corrected chi connectivity index (χ4v) is 2.67. The standard InChI is InChI=1S/C13H26N2O/c1-9(2)8-15(4)13(16)11-6-5-7-12(14)10(11)3/h9-12H,5-8,14H2,1-4H3. The summed E-state index contributed by atoms with van der Waals surface area (Å²) in [5.41, 5.74) is 6.04. The van der Waals surface area contributed by atoms with Gasteiger partial charge in [0.05, 0.1) is 0 Å². The molecule has 1 amide bonds. The van der Waals surface area contributed by atoms with Crippen LogP contribution in [0.15, 0.2) is 0 Å². The highest BCUT2D eigenvalue weighted by atomic mass is 16.2. The number of hydrogen-bond acceptors (Lipinski definition) is 2. The molecule has 1 saturated carbocycles. The number of amides is 1. The van der Waals surface area contributed by atoms with Gasteiger partial charge in [0.15, 0.2) is 0 Å². The second kappa shape index (κ2) is 5.67. The number of carbonyl (C=O) groups is 1. The first-order valence-corrected chi connectivity index (χ1v) is 6.44. The monoisotopic (exact) mass is 226 g/mol. The summed E-state index contributed by atoms with van der Waals surface area (Å²) in [6.45, 7) is 7.24. The lowest BCUT2D eigenvalue weighted by Crippen LogP contribution is -2.45. The van der Waals surface area contributed by atoms with Crippen molar-refractivity contribution in [3.63, 3.8) is 0 Å². The summed E-state index contributed by atoms with van der Waals surface area (Å²) < 4.78 is 0. The molecule has 0 aromatic carbocycles. The summed E-state index contributed by atoms with van der Waals surface area (Å²) in [6.07, 6.45) is 3.17. The molecule has 1 rings (SSSR count). The maximum absolute atomic E-state index is 12.3. The molecule has 3 atom stereocenters. The highest BCUT2D eigenvalue weighted by molar-refractivity contribution is 5.79. The predicted molar refractivity (Wildman–Crippen MR) is 67.0 cm³/mol. The normalized spacial score (nSPS) is 30.5. The number of nitrogens with two attached hydrogens (primary N) is 1. The molecule has 0 saturated heterocycles. The topological polar surface area (TPSA) is 46.3 Å². The van der Waals surface area contributed by atoms with E-state index < -0.39 is 0 Å². The molecule has 0 spiro atoms. The Morgan fingerprint density at radius 1 is 1.44 bits per heavy atom. The Hall–Kier alpha value is -0.570. The lowest BCUT2D eigenvalue weighted by atomic mass is 9.76. The Morgan fingerprint density at radius 3 is 2.62 bits per heavy atom. The van der Waals surface area contributed by atoms with E-state index in [1.54, 1.807) is 0 Å². The molecule has 0 radical (unpaired) electrons. The zero-order valence-electron chi connectivity index (χ0n) is 11.1. The largest absolute Gasteiger partial charge is 0.345 e. The molecule has 16 heavy (non-hydrogen) atoms. The molecule has 0 aromatic rings. The summed E-state index contributed by atoms with van der Waals surface area (Å²) in [7, 11) is 1.91. The van der Waals surface area contributed by atoms with Gasteiger partial charge in [-0.15, -0.1) is 0 Å². The van der Waals surface area contributed by atoms with Gasteiger partial charge in [-0.3, -0.25) is 4.79 Å². The van der Waals surface area contributed by atoms with E-state index in [0.717, 1.165) is 25.8 Å². The minimum absolute atomic E-state index is 0.146. The highest BCUT2D eigenvalue weighted by Crippen LogP contribution is 2.30. The van der Waals surface area contributed by atoms with Gasteiger partial charge in [-0.05, 0) is 24.7 Å². The second-order valence-corrected chi connectivity index (χ2v) is 5.67. The van der Waals surface area contributed by atoms with E-state index in [4.69, 9.17) is 5.73 Å². The van der Waals surface area contributed by atoms with Crippen LogP contribution in [0.5, 0.6) is 0 Å². The Labute approximate surface area is 99.4 Å². The maximum Gasteiger partial charge on any atom is 0.225 e. The van der Waals surface area contributed by atoms with E-state index in [0.29, 0.717) is 11.8 Å². The van der Waals surface area contributed by atoms with Crippen molar-refractivity contribution in [2.45, 2.75) is 46.1 Å². The van der Waals surface area contributed by atoms with Crippen molar-refractivity contribution in [3.05, 3.63) is 0 Å². The molecule has 94 valence electrons. The number of rotatable bonds is 3. The van der Waals surface area contributed by atoms with Crippen molar-refractivity contribution in [2.24, 2.45) is 23.5 Å². The van der Waals surface area contributed by atoms with Crippen LogP contribution in [0.1, 0.15) is 40.0 Å². The maximum atomic E-state index is 12.3. The third-order valence-electron chi connectivity index (χ3n) is 3.70. The Balaban J connectivity index is 2.58. The van der Waals surface area contributed by atoms with Crippen LogP contribution in [0, 0.1) is 17.8 Å². The number of carbonyl (C=O) groups excluding carboxylic acids is 1. The molecule has 2 N–H and O–H groups in total. The van der Waals surface area contributed by atoms with Crippen molar-refractivity contribution in [1.82, 2.24) is 4.90 Å². The molecule has 3 nitrogen and oxygen atoms in total. The van der Waals surface area contributed by atoms with Crippen LogP contribution < -0.4 is 5.73 Å². The summed E-state index contributed by atoms with van der Waals surface area (Å²) in [6, 6.07) is 0.204. The van der Waals surface area contributed by atoms with Crippen LogP contribution in [0.25, 0.3) is 0 Å². The van der Waals surface area contributed by atoms with E-state index in [2.05, 4.69) is 20.8 Å². The smallest absolute Gasteiger partial charge is 0.225 e. The van der Waals surface area contributed by atoms with Gasteiger partial charge in [0.25, 0.3) is 0 Å². The summed E-state index contributed by atoms with van der Waals surface area (Å²) >= 11 is 0. The van der Waals surface area contributed by atoms with Gasteiger partial charge in [0.2, 0.25) is 5.91 Å². The lowest BCUT2D eigenvalue weighted by molar-refractivity contribution is -0.137. The van der Waals surface area contributed by atoms with Gasteiger partial charge in [0.1, 0.15) is 0 Å². The van der Waals surface area contributed by atoms with Gasteiger partial charge in [-0.25, -0.2) is 0 Å². The molecule has 1 fully saturated rings. The van der Waals surface area contributed by atoms with Gasteiger partial charge in [-0.1, -0.05) is 27.2 Å². The van der Waals surface area contributed by atoms with Crippen molar-refractivity contribution in [2.75, 3.05) is 13.6 Å². The van der Waals surface area contributed by atoms with E-state index in [1.807, 2.05) is 11.9 Å². The molecule has 3 unspecified atom stereocenters. The van der Waals surface area contributed by atoms with Crippen molar-refractivity contribution < 1.29 is 4.79 Å². The highest BCUT2D eigenvalue weighted by Gasteiger charge is 2.34. The van der Waals surface area contributed by atoms with Gasteiger partial charge in [-0.2, -0.15) is 0 Å². The predicted octanol–water partition coefficient (Wildman–Crippen LogP) is 1.86. The molecule has 0 heterocycles. The van der Waals surface area contributed by atoms with E-state index >= 15 is 0 Å². The average molecular weight is 226 g/mol. The van der Waals surface area contributed by atoms with Crippen molar-refractivity contribution in [3.8, 4) is 0 Å². The third kappa shape index (κ3) is 3.21. The molecule has 1 aliphatic rings. The van der Waals surface area contributed by atoms with Crippen LogP contribution in [-0.4, -0.2) is 30.4 Å². The molecule has 3 heteroatoms. The zero-order valence-corrected chi connectivity index (χ0v) is 11.1. The molecule has 0 bridgehead atoms. The summed E-state index contributed by atoms with van der Waals surface area (Å²) in [5, 5.41) is 0. The van der Waals surface area contributed by atoms with Gasteiger partial charge < -0.3 is 10.6 Å². The molecule has 0 aliphatic heterocycles. The van der Waals surface area contributed by atoms with Crippen LogP contribution in [-0.2, 0) is 4.79 Å². The average Bonchev–Trinajstić information content (AvgIpc) is 2.20. The first kappa shape index (κ1) is 13.5. The Bertz CT molecular complexity index is 240. The Morgan fingerprint density at radius 2 is 2.06 bits per heavy atom. The molecular formula is C13H26N2O.